The number of benzene rings is 2. The summed E-state index contributed by atoms with van der Waals surface area (Å²) < 4.78 is 34.2. The first kappa shape index (κ1) is 19.2. The molecule has 7 heteroatoms. The fraction of sp³-hybridized carbons (Fsp3) is 0.263. The molecule has 0 radical (unpaired) electrons. The van der Waals surface area contributed by atoms with Gasteiger partial charge in [0.1, 0.15) is 11.5 Å². The lowest BCUT2D eigenvalue weighted by Gasteiger charge is -2.22. The Bertz CT molecular complexity index is 771. The van der Waals surface area contributed by atoms with Gasteiger partial charge in [-0.3, -0.25) is 4.79 Å². The SMILES string of the molecule is CC(Oc1ccc(C#N)cc1)C(=O)N(C)Cc1ccc(OC(F)F)cc1. The minimum Gasteiger partial charge on any atom is -0.481 e. The van der Waals surface area contributed by atoms with Crippen molar-refractivity contribution < 1.29 is 23.0 Å². The monoisotopic (exact) mass is 360 g/mol. The number of nitriles is 1. The van der Waals surface area contributed by atoms with E-state index in [-0.39, 0.29) is 11.7 Å². The molecule has 0 saturated heterocycles. The molecular formula is C19H18F2N2O3. The number of rotatable bonds is 7. The number of halogens is 2. The minimum absolute atomic E-state index is 0.0650. The maximum Gasteiger partial charge on any atom is 0.387 e. The number of hydrogen-bond donors (Lipinski definition) is 0. The standard InChI is InChI=1S/C19H18F2N2O3/c1-13(25-16-7-3-14(11-22)4-8-16)18(24)23(2)12-15-5-9-17(10-6-15)26-19(20)21/h3-10,13,19H,12H2,1-2H3. The number of carbonyl (C=O) groups excluding carboxylic acids is 1. The van der Waals surface area contributed by atoms with Crippen molar-refractivity contribution in [3.63, 3.8) is 0 Å². The molecule has 0 spiro atoms. The van der Waals surface area contributed by atoms with Crippen molar-refractivity contribution in [2.45, 2.75) is 26.2 Å². The maximum absolute atomic E-state index is 12.4. The molecule has 2 rings (SSSR count). The second-order valence-electron chi connectivity index (χ2n) is 5.61. The third-order valence-corrected chi connectivity index (χ3v) is 3.59. The van der Waals surface area contributed by atoms with E-state index >= 15 is 0 Å². The number of carbonyl (C=O) groups is 1. The highest BCUT2D eigenvalue weighted by molar-refractivity contribution is 5.80. The third kappa shape index (κ3) is 5.45. The molecule has 26 heavy (non-hydrogen) atoms. The highest BCUT2D eigenvalue weighted by Crippen LogP contribution is 2.17. The number of amides is 1. The van der Waals surface area contributed by atoms with Crippen LogP contribution in [0.1, 0.15) is 18.1 Å². The molecule has 0 saturated carbocycles. The number of likely N-dealkylation sites (N-methyl/N-ethyl adjacent to an activating group) is 1. The van der Waals surface area contributed by atoms with Crippen LogP contribution < -0.4 is 9.47 Å². The fourth-order valence-electron chi connectivity index (χ4n) is 2.30. The molecule has 0 heterocycles. The van der Waals surface area contributed by atoms with Gasteiger partial charge in [-0.25, -0.2) is 0 Å². The van der Waals surface area contributed by atoms with E-state index in [1.54, 1.807) is 50.4 Å². The lowest BCUT2D eigenvalue weighted by Crippen LogP contribution is -2.37. The molecule has 0 bridgehead atoms. The first-order chi connectivity index (χ1) is 12.4. The van der Waals surface area contributed by atoms with Crippen molar-refractivity contribution in [1.29, 1.82) is 5.26 Å². The Kier molecular flexibility index (Phi) is 6.50. The molecule has 2 aromatic rings. The summed E-state index contributed by atoms with van der Waals surface area (Å²) in [7, 11) is 1.63. The van der Waals surface area contributed by atoms with Crippen LogP contribution in [0.3, 0.4) is 0 Å². The van der Waals surface area contributed by atoms with E-state index in [2.05, 4.69) is 4.74 Å². The molecule has 2 aromatic carbocycles. The third-order valence-electron chi connectivity index (χ3n) is 3.59. The van der Waals surface area contributed by atoms with Crippen LogP contribution in [0.15, 0.2) is 48.5 Å². The molecule has 0 N–H and O–H groups in total. The van der Waals surface area contributed by atoms with Crippen LogP contribution in [0.5, 0.6) is 11.5 Å². The summed E-state index contributed by atoms with van der Waals surface area (Å²) in [6.07, 6.45) is -0.714. The van der Waals surface area contributed by atoms with E-state index in [4.69, 9.17) is 10.00 Å². The van der Waals surface area contributed by atoms with E-state index in [1.165, 1.54) is 17.0 Å². The zero-order valence-corrected chi connectivity index (χ0v) is 14.4. The van der Waals surface area contributed by atoms with E-state index in [1.807, 2.05) is 6.07 Å². The molecule has 0 aliphatic heterocycles. The van der Waals surface area contributed by atoms with Crippen LogP contribution in [0.25, 0.3) is 0 Å². The van der Waals surface area contributed by atoms with E-state index < -0.39 is 12.7 Å². The molecule has 0 aliphatic rings. The summed E-state index contributed by atoms with van der Waals surface area (Å²) in [5.41, 5.74) is 1.28. The zero-order chi connectivity index (χ0) is 19.1. The number of nitrogens with zero attached hydrogens (tertiary/aromatic N) is 2. The normalized spacial score (nSPS) is 11.5. The van der Waals surface area contributed by atoms with E-state index in [0.717, 1.165) is 5.56 Å². The summed E-state index contributed by atoms with van der Waals surface area (Å²) in [6.45, 7) is -0.934. The fourth-order valence-corrected chi connectivity index (χ4v) is 2.30. The molecule has 0 aliphatic carbocycles. The quantitative estimate of drug-likeness (QED) is 0.757. The molecule has 0 aromatic heterocycles. The first-order valence-corrected chi connectivity index (χ1v) is 7.84. The van der Waals surface area contributed by atoms with Gasteiger partial charge in [0.25, 0.3) is 5.91 Å². The average Bonchev–Trinajstić information content (AvgIpc) is 2.62. The average molecular weight is 360 g/mol. The summed E-state index contributed by atoms with van der Waals surface area (Å²) in [5, 5.41) is 8.77. The van der Waals surface area contributed by atoms with E-state index in [0.29, 0.717) is 17.9 Å². The maximum atomic E-state index is 12.4. The van der Waals surface area contributed by atoms with E-state index in [9.17, 15) is 13.6 Å². The van der Waals surface area contributed by atoms with Crippen molar-refractivity contribution in [2.24, 2.45) is 0 Å². The Morgan fingerprint density at radius 1 is 1.08 bits per heavy atom. The van der Waals surface area contributed by atoms with Crippen LogP contribution in [0.2, 0.25) is 0 Å². The molecule has 0 fully saturated rings. The number of ether oxygens (including phenoxy) is 2. The predicted octanol–water partition coefficient (Wildman–Crippen LogP) is 3.59. The van der Waals surface area contributed by atoms with Crippen molar-refractivity contribution in [1.82, 2.24) is 4.90 Å². The van der Waals surface area contributed by atoms with Crippen LogP contribution >= 0.6 is 0 Å². The van der Waals surface area contributed by atoms with Crippen molar-refractivity contribution >= 4 is 5.91 Å². The summed E-state index contributed by atoms with van der Waals surface area (Å²) in [5.74, 6) is 0.323. The second kappa shape index (κ2) is 8.81. The van der Waals surface area contributed by atoms with Crippen molar-refractivity contribution in [3.8, 4) is 17.6 Å². The lowest BCUT2D eigenvalue weighted by atomic mass is 10.2. The summed E-state index contributed by atoms with van der Waals surface area (Å²) >= 11 is 0. The molecule has 1 atom stereocenters. The van der Waals surface area contributed by atoms with Crippen LogP contribution in [-0.4, -0.2) is 30.6 Å². The van der Waals surface area contributed by atoms with Crippen molar-refractivity contribution in [2.75, 3.05) is 7.05 Å². The zero-order valence-electron chi connectivity index (χ0n) is 14.4. The summed E-state index contributed by atoms with van der Waals surface area (Å²) in [6, 6.07) is 14.6. The Hall–Kier alpha value is -3.14. The second-order valence-corrected chi connectivity index (χ2v) is 5.61. The van der Waals surface area contributed by atoms with Crippen LogP contribution in [0.4, 0.5) is 8.78 Å². The van der Waals surface area contributed by atoms with Gasteiger partial charge < -0.3 is 14.4 Å². The van der Waals surface area contributed by atoms with Crippen molar-refractivity contribution in [3.05, 3.63) is 59.7 Å². The molecular weight excluding hydrogens is 342 g/mol. The topological polar surface area (TPSA) is 62.6 Å². The Morgan fingerprint density at radius 3 is 2.15 bits per heavy atom. The summed E-state index contributed by atoms with van der Waals surface area (Å²) in [4.78, 5) is 13.9. The highest BCUT2D eigenvalue weighted by Gasteiger charge is 2.19. The molecule has 1 amide bonds. The Morgan fingerprint density at radius 2 is 1.62 bits per heavy atom. The van der Waals surface area contributed by atoms with Gasteiger partial charge in [0.2, 0.25) is 0 Å². The highest BCUT2D eigenvalue weighted by atomic mass is 19.3. The van der Waals surface area contributed by atoms with Gasteiger partial charge in [0.15, 0.2) is 6.10 Å². The van der Waals surface area contributed by atoms with Gasteiger partial charge in [-0.15, -0.1) is 0 Å². The van der Waals surface area contributed by atoms with Gasteiger partial charge in [0, 0.05) is 13.6 Å². The molecule has 136 valence electrons. The van der Waals surface area contributed by atoms with Gasteiger partial charge in [0.05, 0.1) is 11.6 Å². The van der Waals surface area contributed by atoms with Crippen LogP contribution in [-0.2, 0) is 11.3 Å². The molecule has 5 nitrogen and oxygen atoms in total. The Balaban J connectivity index is 1.92. The van der Waals surface area contributed by atoms with Crippen LogP contribution in [0, 0.1) is 11.3 Å². The predicted molar refractivity (Wildman–Crippen MR) is 90.8 cm³/mol. The van der Waals surface area contributed by atoms with Gasteiger partial charge in [-0.05, 0) is 48.9 Å². The van der Waals surface area contributed by atoms with Gasteiger partial charge >= 0.3 is 6.61 Å². The smallest absolute Gasteiger partial charge is 0.387 e. The van der Waals surface area contributed by atoms with Gasteiger partial charge in [-0.2, -0.15) is 14.0 Å². The number of hydrogen-bond acceptors (Lipinski definition) is 4. The minimum atomic E-state index is -2.87. The van der Waals surface area contributed by atoms with Gasteiger partial charge in [-0.1, -0.05) is 12.1 Å². The molecule has 1 unspecified atom stereocenters. The lowest BCUT2D eigenvalue weighted by molar-refractivity contribution is -0.137. The largest absolute Gasteiger partial charge is 0.481 e. The number of alkyl halides is 2. The first-order valence-electron chi connectivity index (χ1n) is 7.84. The Labute approximate surface area is 150 Å².